The molecule has 0 aliphatic rings. The second kappa shape index (κ2) is 8.44. The van der Waals surface area contributed by atoms with E-state index >= 15 is 0 Å². The highest BCUT2D eigenvalue weighted by atomic mass is 16.5. The summed E-state index contributed by atoms with van der Waals surface area (Å²) in [5, 5.41) is 1.12. The van der Waals surface area contributed by atoms with Gasteiger partial charge in [0.25, 0.3) is 0 Å². The van der Waals surface area contributed by atoms with Gasteiger partial charge in [-0.1, -0.05) is 18.2 Å². The lowest BCUT2D eigenvalue weighted by atomic mass is 10.00. The highest BCUT2D eigenvalue weighted by molar-refractivity contribution is 5.89. The summed E-state index contributed by atoms with van der Waals surface area (Å²) in [5.74, 6) is 0.371. The molecule has 0 unspecified atom stereocenters. The predicted octanol–water partition coefficient (Wildman–Crippen LogP) is 5.00. The zero-order valence-corrected chi connectivity index (χ0v) is 16.0. The summed E-state index contributed by atoms with van der Waals surface area (Å²) in [6, 6.07) is 18.0. The highest BCUT2D eigenvalue weighted by Gasteiger charge is 2.09. The SMILES string of the molecule is COC(=O)C=Cc1ccc(OCc2cccnc2)c(-c2ccc3[nH]ccc3c2)c1. The molecule has 2 aromatic carbocycles. The van der Waals surface area contributed by atoms with E-state index in [0.717, 1.165) is 38.9 Å². The van der Waals surface area contributed by atoms with E-state index in [0.29, 0.717) is 6.61 Å². The van der Waals surface area contributed by atoms with Crippen molar-refractivity contribution in [2.45, 2.75) is 6.61 Å². The molecule has 0 aliphatic carbocycles. The van der Waals surface area contributed by atoms with Crippen molar-refractivity contribution >= 4 is 22.9 Å². The maximum atomic E-state index is 11.4. The normalized spacial score (nSPS) is 11.1. The number of pyridine rings is 1. The van der Waals surface area contributed by atoms with Gasteiger partial charge in [0.05, 0.1) is 7.11 Å². The third kappa shape index (κ3) is 4.35. The van der Waals surface area contributed by atoms with Crippen LogP contribution in [-0.2, 0) is 16.1 Å². The van der Waals surface area contributed by atoms with E-state index in [4.69, 9.17) is 4.74 Å². The first kappa shape index (κ1) is 18.5. The number of aromatic amines is 1. The topological polar surface area (TPSA) is 64.2 Å². The Morgan fingerprint density at radius 1 is 1.14 bits per heavy atom. The molecule has 5 heteroatoms. The molecule has 144 valence electrons. The quantitative estimate of drug-likeness (QED) is 0.375. The fraction of sp³-hybridized carbons (Fsp3) is 0.0833. The van der Waals surface area contributed by atoms with Crippen LogP contribution in [0.4, 0.5) is 0 Å². The lowest BCUT2D eigenvalue weighted by molar-refractivity contribution is -0.134. The molecule has 0 saturated heterocycles. The molecule has 0 spiro atoms. The molecule has 0 bridgehead atoms. The number of benzene rings is 2. The largest absolute Gasteiger partial charge is 0.488 e. The minimum absolute atomic E-state index is 0.391. The van der Waals surface area contributed by atoms with Crippen molar-refractivity contribution in [3.63, 3.8) is 0 Å². The van der Waals surface area contributed by atoms with Gasteiger partial charge in [-0.05, 0) is 59.0 Å². The van der Waals surface area contributed by atoms with Gasteiger partial charge in [-0.2, -0.15) is 0 Å². The number of nitrogens with one attached hydrogen (secondary N) is 1. The predicted molar refractivity (Wildman–Crippen MR) is 113 cm³/mol. The molecule has 2 aromatic heterocycles. The van der Waals surface area contributed by atoms with Crippen LogP contribution in [0.2, 0.25) is 0 Å². The number of nitrogens with zero attached hydrogens (tertiary/aromatic N) is 1. The summed E-state index contributed by atoms with van der Waals surface area (Å²) in [4.78, 5) is 18.8. The minimum atomic E-state index is -0.391. The number of hydrogen-bond acceptors (Lipinski definition) is 4. The van der Waals surface area contributed by atoms with Gasteiger partial charge in [0, 0.05) is 41.3 Å². The number of carbonyl (C=O) groups is 1. The van der Waals surface area contributed by atoms with Crippen molar-refractivity contribution < 1.29 is 14.3 Å². The molecule has 0 radical (unpaired) electrons. The first-order valence-electron chi connectivity index (χ1n) is 9.22. The van der Waals surface area contributed by atoms with E-state index < -0.39 is 5.97 Å². The molecule has 0 fully saturated rings. The van der Waals surface area contributed by atoms with Gasteiger partial charge in [-0.15, -0.1) is 0 Å². The summed E-state index contributed by atoms with van der Waals surface area (Å²) in [6.07, 6.45) is 8.59. The van der Waals surface area contributed by atoms with Gasteiger partial charge in [-0.25, -0.2) is 4.79 Å². The number of hydrogen-bond donors (Lipinski definition) is 1. The fourth-order valence-corrected chi connectivity index (χ4v) is 3.10. The Bertz CT molecular complexity index is 1160. The van der Waals surface area contributed by atoms with Crippen molar-refractivity contribution in [1.82, 2.24) is 9.97 Å². The summed E-state index contributed by atoms with van der Waals surface area (Å²) < 4.78 is 10.8. The number of ether oxygens (including phenoxy) is 2. The van der Waals surface area contributed by atoms with E-state index in [1.54, 1.807) is 18.5 Å². The monoisotopic (exact) mass is 384 g/mol. The number of fused-ring (bicyclic) bond motifs is 1. The smallest absolute Gasteiger partial charge is 0.330 e. The Balaban J connectivity index is 1.70. The molecule has 2 heterocycles. The van der Waals surface area contributed by atoms with E-state index in [9.17, 15) is 4.79 Å². The van der Waals surface area contributed by atoms with E-state index in [-0.39, 0.29) is 0 Å². The van der Waals surface area contributed by atoms with E-state index in [2.05, 4.69) is 26.8 Å². The summed E-state index contributed by atoms with van der Waals surface area (Å²) in [5.41, 5.74) is 4.94. The van der Waals surface area contributed by atoms with Crippen molar-refractivity contribution in [1.29, 1.82) is 0 Å². The number of rotatable bonds is 6. The molecule has 0 atom stereocenters. The summed E-state index contributed by atoms with van der Waals surface area (Å²) >= 11 is 0. The lowest BCUT2D eigenvalue weighted by Crippen LogP contribution is -1.98. The zero-order chi connectivity index (χ0) is 20.1. The van der Waals surface area contributed by atoms with Crippen LogP contribution in [0.25, 0.3) is 28.1 Å². The first-order chi connectivity index (χ1) is 14.2. The van der Waals surface area contributed by atoms with Crippen molar-refractivity contribution in [3.05, 3.63) is 90.4 Å². The van der Waals surface area contributed by atoms with Crippen LogP contribution in [-0.4, -0.2) is 23.0 Å². The summed E-state index contributed by atoms with van der Waals surface area (Å²) in [6.45, 7) is 0.421. The highest BCUT2D eigenvalue weighted by Crippen LogP contribution is 2.33. The molecule has 4 rings (SSSR count). The number of methoxy groups -OCH3 is 1. The molecule has 0 amide bonds. The molecule has 5 nitrogen and oxygen atoms in total. The van der Waals surface area contributed by atoms with Gasteiger partial charge in [0.1, 0.15) is 12.4 Å². The lowest BCUT2D eigenvalue weighted by Gasteiger charge is -2.13. The van der Waals surface area contributed by atoms with Crippen LogP contribution < -0.4 is 4.74 Å². The van der Waals surface area contributed by atoms with Crippen molar-refractivity contribution in [3.8, 4) is 16.9 Å². The van der Waals surface area contributed by atoms with Gasteiger partial charge in [-0.3, -0.25) is 4.98 Å². The Morgan fingerprint density at radius 3 is 2.90 bits per heavy atom. The molecule has 4 aromatic rings. The standard InChI is InChI=1S/C24H20N2O3/c1-28-24(27)9-5-17-4-8-23(29-16-18-3-2-11-25-15-18)21(13-17)19-6-7-22-20(14-19)10-12-26-22/h2-15,26H,16H2,1H3. The van der Waals surface area contributed by atoms with Crippen molar-refractivity contribution in [2.75, 3.05) is 7.11 Å². The number of H-pyrrole nitrogens is 1. The van der Waals surface area contributed by atoms with Crippen LogP contribution in [0.5, 0.6) is 5.75 Å². The van der Waals surface area contributed by atoms with E-state index in [1.165, 1.54) is 13.2 Å². The average Bonchev–Trinajstić information content (AvgIpc) is 3.25. The average molecular weight is 384 g/mol. The van der Waals surface area contributed by atoms with Crippen LogP contribution in [0.1, 0.15) is 11.1 Å². The number of carbonyl (C=O) groups excluding carboxylic acids is 1. The summed E-state index contributed by atoms with van der Waals surface area (Å²) in [7, 11) is 1.36. The van der Waals surface area contributed by atoms with Crippen LogP contribution in [0, 0.1) is 0 Å². The Kier molecular flexibility index (Phi) is 5.38. The van der Waals surface area contributed by atoms with Crippen molar-refractivity contribution in [2.24, 2.45) is 0 Å². The second-order valence-corrected chi connectivity index (χ2v) is 6.54. The van der Waals surface area contributed by atoms with Crippen LogP contribution >= 0.6 is 0 Å². The Hall–Kier alpha value is -3.86. The zero-order valence-electron chi connectivity index (χ0n) is 16.0. The van der Waals surface area contributed by atoms with Crippen LogP contribution in [0.3, 0.4) is 0 Å². The Morgan fingerprint density at radius 2 is 2.07 bits per heavy atom. The minimum Gasteiger partial charge on any atom is -0.488 e. The molecule has 1 N–H and O–H groups in total. The maximum Gasteiger partial charge on any atom is 0.330 e. The fourth-order valence-electron chi connectivity index (χ4n) is 3.10. The van der Waals surface area contributed by atoms with Gasteiger partial charge >= 0.3 is 5.97 Å². The Labute approximate surface area is 168 Å². The van der Waals surface area contributed by atoms with Gasteiger partial charge in [0.15, 0.2) is 0 Å². The molecular formula is C24H20N2O3. The third-order valence-corrected chi connectivity index (χ3v) is 4.60. The van der Waals surface area contributed by atoms with Gasteiger partial charge < -0.3 is 14.5 Å². The van der Waals surface area contributed by atoms with Crippen LogP contribution in [0.15, 0.2) is 79.3 Å². The molecule has 29 heavy (non-hydrogen) atoms. The second-order valence-electron chi connectivity index (χ2n) is 6.54. The van der Waals surface area contributed by atoms with Gasteiger partial charge in [0.2, 0.25) is 0 Å². The number of aromatic nitrogens is 2. The molecular weight excluding hydrogens is 364 g/mol. The first-order valence-corrected chi connectivity index (χ1v) is 9.22. The maximum absolute atomic E-state index is 11.4. The molecule has 0 saturated carbocycles. The molecule has 0 aliphatic heterocycles. The van der Waals surface area contributed by atoms with E-state index in [1.807, 2.05) is 48.7 Å². The third-order valence-electron chi connectivity index (χ3n) is 4.60. The number of esters is 1.